The van der Waals surface area contributed by atoms with E-state index in [-0.39, 0.29) is 23.7 Å². The van der Waals surface area contributed by atoms with Crippen LogP contribution in [0.15, 0.2) is 48.6 Å². The summed E-state index contributed by atoms with van der Waals surface area (Å²) in [5.41, 5.74) is 2.44. The number of hydrogen-bond acceptors (Lipinski definition) is 3. The maximum atomic E-state index is 12.5. The summed E-state index contributed by atoms with van der Waals surface area (Å²) in [6.07, 6.45) is 9.14. The van der Waals surface area contributed by atoms with Crippen molar-refractivity contribution in [3.05, 3.63) is 59.7 Å². The lowest BCUT2D eigenvalue weighted by Crippen LogP contribution is -2.39. The number of nitrogens with zero attached hydrogens (tertiary/aromatic N) is 1. The summed E-state index contributed by atoms with van der Waals surface area (Å²) in [7, 11) is 0. The van der Waals surface area contributed by atoms with Crippen molar-refractivity contribution >= 4 is 11.9 Å². The molecule has 0 spiro atoms. The highest BCUT2D eigenvalue weighted by molar-refractivity contribution is 5.81. The van der Waals surface area contributed by atoms with E-state index in [2.05, 4.69) is 50.3 Å². The van der Waals surface area contributed by atoms with Crippen molar-refractivity contribution in [2.75, 3.05) is 19.7 Å². The van der Waals surface area contributed by atoms with Crippen LogP contribution in [0.4, 0.5) is 4.79 Å². The zero-order chi connectivity index (χ0) is 18.5. The standard InChI is InChI=1S/C22H27NO3/c1-16-7-3-5-9-19(16)21(20-10-6-4-8-17(20)2)15-26-22(25)23-13-11-18(24)12-14-23/h3-10,16,19,21H,11-15H2,1-2H3. The number of carbonyl (C=O) groups is 2. The number of Topliss-reactive ketones (excluding diaryl/α,β-unsaturated/α-hetero) is 1. The molecule has 1 aromatic rings. The van der Waals surface area contributed by atoms with Crippen LogP contribution in [0, 0.1) is 18.8 Å². The van der Waals surface area contributed by atoms with Gasteiger partial charge in [-0.15, -0.1) is 0 Å². The van der Waals surface area contributed by atoms with Crippen molar-refractivity contribution in [2.24, 2.45) is 11.8 Å². The first-order chi connectivity index (χ1) is 12.6. The van der Waals surface area contributed by atoms with Crippen molar-refractivity contribution < 1.29 is 14.3 Å². The lowest BCUT2D eigenvalue weighted by Gasteiger charge is -2.32. The van der Waals surface area contributed by atoms with Crippen molar-refractivity contribution in [3.63, 3.8) is 0 Å². The summed E-state index contributed by atoms with van der Waals surface area (Å²) in [6.45, 7) is 5.59. The van der Waals surface area contributed by atoms with E-state index in [0.29, 0.717) is 38.5 Å². The van der Waals surface area contributed by atoms with Crippen molar-refractivity contribution in [3.8, 4) is 0 Å². The normalized spacial score (nSPS) is 23.8. The summed E-state index contributed by atoms with van der Waals surface area (Å²) >= 11 is 0. The molecule has 1 fully saturated rings. The van der Waals surface area contributed by atoms with E-state index in [9.17, 15) is 9.59 Å². The number of ether oxygens (including phenoxy) is 1. The molecule has 138 valence electrons. The maximum Gasteiger partial charge on any atom is 0.409 e. The molecule has 2 aliphatic rings. The molecular formula is C22H27NO3. The number of likely N-dealkylation sites (tertiary alicyclic amines) is 1. The van der Waals surface area contributed by atoms with Crippen molar-refractivity contribution in [2.45, 2.75) is 32.6 Å². The highest BCUT2D eigenvalue weighted by Crippen LogP contribution is 2.36. The van der Waals surface area contributed by atoms with Gasteiger partial charge in [0, 0.05) is 31.8 Å². The molecule has 1 saturated heterocycles. The van der Waals surface area contributed by atoms with Gasteiger partial charge in [-0.1, -0.05) is 55.5 Å². The quantitative estimate of drug-likeness (QED) is 0.812. The minimum atomic E-state index is -0.306. The smallest absolute Gasteiger partial charge is 0.409 e. The number of amides is 1. The molecule has 3 rings (SSSR count). The van der Waals surface area contributed by atoms with Gasteiger partial charge in [0.25, 0.3) is 0 Å². The molecular weight excluding hydrogens is 326 g/mol. The van der Waals surface area contributed by atoms with Crippen LogP contribution < -0.4 is 0 Å². The molecule has 3 atom stereocenters. The minimum absolute atomic E-state index is 0.114. The van der Waals surface area contributed by atoms with Crippen LogP contribution in [0.5, 0.6) is 0 Å². The SMILES string of the molecule is Cc1ccccc1C(COC(=O)N1CCC(=O)CC1)C1C=CC=CC1C. The summed E-state index contributed by atoms with van der Waals surface area (Å²) in [4.78, 5) is 25.5. The Morgan fingerprint density at radius 1 is 1.19 bits per heavy atom. The first-order valence-electron chi connectivity index (χ1n) is 9.40. The van der Waals surface area contributed by atoms with Crippen molar-refractivity contribution in [1.82, 2.24) is 4.90 Å². The zero-order valence-corrected chi connectivity index (χ0v) is 15.6. The van der Waals surface area contributed by atoms with Gasteiger partial charge < -0.3 is 9.64 Å². The molecule has 4 heteroatoms. The Bertz CT molecular complexity index is 712. The minimum Gasteiger partial charge on any atom is -0.449 e. The number of hydrogen-bond donors (Lipinski definition) is 0. The van der Waals surface area contributed by atoms with Crippen LogP contribution in [0.3, 0.4) is 0 Å². The fraction of sp³-hybridized carbons (Fsp3) is 0.455. The number of ketones is 1. The van der Waals surface area contributed by atoms with E-state index in [1.54, 1.807) is 4.90 Å². The van der Waals surface area contributed by atoms with Gasteiger partial charge in [0.05, 0.1) is 0 Å². The number of rotatable bonds is 4. The Balaban J connectivity index is 1.73. The molecule has 1 aliphatic carbocycles. The fourth-order valence-electron chi connectivity index (χ4n) is 3.84. The molecule has 0 aromatic heterocycles. The first-order valence-corrected chi connectivity index (χ1v) is 9.40. The van der Waals surface area contributed by atoms with Crippen LogP contribution in [0.2, 0.25) is 0 Å². The summed E-state index contributed by atoms with van der Waals surface area (Å²) in [6, 6.07) is 8.31. The predicted octanol–water partition coefficient (Wildman–Crippen LogP) is 4.26. The second-order valence-electron chi connectivity index (χ2n) is 7.27. The first kappa shape index (κ1) is 18.4. The Morgan fingerprint density at radius 3 is 2.58 bits per heavy atom. The molecule has 3 unspecified atom stereocenters. The van der Waals surface area contributed by atoms with Gasteiger partial charge in [0.15, 0.2) is 0 Å². The van der Waals surface area contributed by atoms with Gasteiger partial charge in [0.1, 0.15) is 12.4 Å². The second kappa shape index (κ2) is 8.35. The lowest BCUT2D eigenvalue weighted by molar-refractivity contribution is -0.121. The van der Waals surface area contributed by atoms with Gasteiger partial charge in [0.2, 0.25) is 0 Å². The molecule has 4 nitrogen and oxygen atoms in total. The highest BCUT2D eigenvalue weighted by Gasteiger charge is 2.29. The second-order valence-corrected chi connectivity index (χ2v) is 7.27. The molecule has 1 heterocycles. The van der Waals surface area contributed by atoms with E-state index in [0.717, 1.165) is 0 Å². The molecule has 0 bridgehead atoms. The fourth-order valence-corrected chi connectivity index (χ4v) is 3.84. The van der Waals surface area contributed by atoms with Gasteiger partial charge in [-0.3, -0.25) is 4.79 Å². The van der Waals surface area contributed by atoms with Crippen molar-refractivity contribution in [1.29, 1.82) is 0 Å². The van der Waals surface area contributed by atoms with E-state index < -0.39 is 0 Å². The van der Waals surface area contributed by atoms with Gasteiger partial charge in [-0.05, 0) is 29.9 Å². The van der Waals surface area contributed by atoms with Gasteiger partial charge in [-0.2, -0.15) is 0 Å². The molecule has 0 saturated carbocycles. The Kier molecular flexibility index (Phi) is 5.92. The Labute approximate surface area is 155 Å². The van der Waals surface area contributed by atoms with E-state index in [4.69, 9.17) is 4.74 Å². The number of piperidine rings is 1. The number of allylic oxidation sites excluding steroid dienone is 4. The number of aryl methyl sites for hydroxylation is 1. The van der Waals surface area contributed by atoms with Crippen LogP contribution in [0.25, 0.3) is 0 Å². The summed E-state index contributed by atoms with van der Waals surface area (Å²) < 4.78 is 5.71. The Hall–Kier alpha value is -2.36. The average Bonchev–Trinajstić information content (AvgIpc) is 2.65. The van der Waals surface area contributed by atoms with Crippen LogP contribution >= 0.6 is 0 Å². The third-order valence-electron chi connectivity index (χ3n) is 5.48. The molecule has 1 amide bonds. The zero-order valence-electron chi connectivity index (χ0n) is 15.6. The predicted molar refractivity (Wildman–Crippen MR) is 102 cm³/mol. The largest absolute Gasteiger partial charge is 0.449 e. The third kappa shape index (κ3) is 4.24. The third-order valence-corrected chi connectivity index (χ3v) is 5.48. The van der Waals surface area contributed by atoms with E-state index >= 15 is 0 Å². The maximum absolute atomic E-state index is 12.5. The monoisotopic (exact) mass is 353 g/mol. The molecule has 1 aromatic carbocycles. The molecule has 0 radical (unpaired) electrons. The Morgan fingerprint density at radius 2 is 1.88 bits per heavy atom. The van der Waals surface area contributed by atoms with E-state index in [1.807, 2.05) is 12.1 Å². The van der Waals surface area contributed by atoms with Crippen LogP contribution in [0.1, 0.15) is 36.8 Å². The number of benzene rings is 1. The van der Waals surface area contributed by atoms with Crippen LogP contribution in [-0.2, 0) is 9.53 Å². The van der Waals surface area contributed by atoms with Gasteiger partial charge >= 0.3 is 6.09 Å². The topological polar surface area (TPSA) is 46.6 Å². The molecule has 1 aliphatic heterocycles. The van der Waals surface area contributed by atoms with Gasteiger partial charge in [-0.25, -0.2) is 4.79 Å². The highest BCUT2D eigenvalue weighted by atomic mass is 16.6. The van der Waals surface area contributed by atoms with Crippen LogP contribution in [-0.4, -0.2) is 36.5 Å². The lowest BCUT2D eigenvalue weighted by atomic mass is 9.76. The molecule has 26 heavy (non-hydrogen) atoms. The summed E-state index contributed by atoms with van der Waals surface area (Å²) in [5.74, 6) is 1.01. The summed E-state index contributed by atoms with van der Waals surface area (Å²) in [5, 5.41) is 0. The average molecular weight is 353 g/mol. The van der Waals surface area contributed by atoms with E-state index in [1.165, 1.54) is 11.1 Å². The number of carbonyl (C=O) groups excluding carboxylic acids is 2. The molecule has 0 N–H and O–H groups in total.